The Hall–Kier alpha value is -3.24. The van der Waals surface area contributed by atoms with Crippen LogP contribution in [-0.4, -0.2) is 20.0 Å². The predicted molar refractivity (Wildman–Crippen MR) is 128 cm³/mol. The van der Waals surface area contributed by atoms with Gasteiger partial charge in [-0.25, -0.2) is 22.3 Å². The van der Waals surface area contributed by atoms with Gasteiger partial charge in [-0.1, -0.05) is 42.5 Å². The molecule has 0 aliphatic rings. The molecule has 0 unspecified atom stereocenters. The van der Waals surface area contributed by atoms with Crippen LogP contribution in [0.1, 0.15) is 47.8 Å². The fraction of sp³-hybridized carbons (Fsp3) is 0.269. The lowest BCUT2D eigenvalue weighted by Gasteiger charge is -2.19. The van der Waals surface area contributed by atoms with Crippen LogP contribution in [0.2, 0.25) is 0 Å². The summed E-state index contributed by atoms with van der Waals surface area (Å²) in [6.45, 7) is 5.25. The Morgan fingerprint density at radius 3 is 2.11 bits per heavy atom. The molecule has 192 valence electrons. The molecule has 3 aromatic carbocycles. The van der Waals surface area contributed by atoms with Crippen LogP contribution in [0, 0.1) is 5.82 Å². The number of hydrogen-bond acceptors (Lipinski definition) is 4. The lowest BCUT2D eigenvalue weighted by molar-refractivity contribution is -0.139. The molecule has 0 bridgehead atoms. The fourth-order valence-corrected chi connectivity index (χ4v) is 4.43. The molecule has 1 N–H and O–H groups in total. The highest BCUT2D eigenvalue weighted by atomic mass is 32.2. The molecule has 10 heteroatoms. The Bertz CT molecular complexity index is 1350. The van der Waals surface area contributed by atoms with Gasteiger partial charge >= 0.3 is 12.1 Å². The smallest absolute Gasteiger partial charge is 0.419 e. The number of hydrogen-bond donors (Lipinski definition) is 1. The molecular formula is C26H25F4NO4S. The maximum Gasteiger partial charge on any atom is 0.419 e. The van der Waals surface area contributed by atoms with Crippen LogP contribution in [0.15, 0.2) is 66.7 Å². The molecule has 3 aromatic rings. The molecule has 0 saturated heterocycles. The van der Waals surface area contributed by atoms with Gasteiger partial charge in [0.2, 0.25) is 10.0 Å². The van der Waals surface area contributed by atoms with E-state index in [2.05, 4.69) is 4.72 Å². The third-order valence-electron chi connectivity index (χ3n) is 4.98. The first-order valence-electron chi connectivity index (χ1n) is 10.9. The summed E-state index contributed by atoms with van der Waals surface area (Å²) in [5, 5.41) is 0. The SMILES string of the molecule is CC(C)(C)OC(=O)c1ccc(CNS(=O)(=O)Cc2cccc(-c3ccc(C(F)(F)F)c(F)c3)c2)cc1. The van der Waals surface area contributed by atoms with E-state index in [-0.39, 0.29) is 17.9 Å². The molecular weight excluding hydrogens is 498 g/mol. The molecule has 0 fully saturated rings. The van der Waals surface area contributed by atoms with Gasteiger partial charge in [0.05, 0.1) is 16.9 Å². The van der Waals surface area contributed by atoms with E-state index in [1.54, 1.807) is 63.2 Å². The Morgan fingerprint density at radius 1 is 0.889 bits per heavy atom. The standard InChI is InChI=1S/C26H25F4NO4S/c1-25(2,3)35-24(32)19-9-7-17(8-10-19)15-31-36(33,34)16-18-5-4-6-20(13-18)21-11-12-22(23(27)14-21)26(28,29)30/h4-14,31H,15-16H2,1-3H3. The van der Waals surface area contributed by atoms with E-state index < -0.39 is 39.2 Å². The fourth-order valence-electron chi connectivity index (χ4n) is 3.32. The van der Waals surface area contributed by atoms with Gasteiger partial charge in [-0.2, -0.15) is 13.2 Å². The van der Waals surface area contributed by atoms with Crippen molar-refractivity contribution in [2.45, 2.75) is 44.8 Å². The van der Waals surface area contributed by atoms with Crippen LogP contribution in [0.25, 0.3) is 11.1 Å². The zero-order valence-corrected chi connectivity index (χ0v) is 20.6. The minimum absolute atomic E-state index is 0.0132. The molecule has 0 saturated carbocycles. The van der Waals surface area contributed by atoms with E-state index in [1.807, 2.05) is 0 Å². The molecule has 0 aromatic heterocycles. The van der Waals surface area contributed by atoms with Crippen molar-refractivity contribution in [3.63, 3.8) is 0 Å². The molecule has 0 aliphatic carbocycles. The van der Waals surface area contributed by atoms with Crippen molar-refractivity contribution < 1.29 is 35.5 Å². The molecule has 5 nitrogen and oxygen atoms in total. The third kappa shape index (κ3) is 7.63. The maximum absolute atomic E-state index is 14.0. The van der Waals surface area contributed by atoms with Gasteiger partial charge in [0.25, 0.3) is 0 Å². The third-order valence-corrected chi connectivity index (χ3v) is 6.27. The first-order valence-corrected chi connectivity index (χ1v) is 12.5. The number of halogens is 4. The summed E-state index contributed by atoms with van der Waals surface area (Å²) in [5.41, 5.74) is -0.0868. The highest BCUT2D eigenvalue weighted by Crippen LogP contribution is 2.33. The lowest BCUT2D eigenvalue weighted by atomic mass is 10.0. The zero-order valence-electron chi connectivity index (χ0n) is 19.8. The second-order valence-corrected chi connectivity index (χ2v) is 11.0. The number of carbonyl (C=O) groups excluding carboxylic acids is 1. The highest BCUT2D eigenvalue weighted by molar-refractivity contribution is 7.88. The average molecular weight is 524 g/mol. The Kier molecular flexibility index (Phi) is 7.90. The minimum Gasteiger partial charge on any atom is -0.456 e. The minimum atomic E-state index is -4.81. The molecule has 0 atom stereocenters. The highest BCUT2D eigenvalue weighted by Gasteiger charge is 2.34. The van der Waals surface area contributed by atoms with E-state index in [4.69, 9.17) is 4.74 Å². The van der Waals surface area contributed by atoms with Crippen LogP contribution >= 0.6 is 0 Å². The van der Waals surface area contributed by atoms with Crippen LogP contribution < -0.4 is 4.72 Å². The second kappa shape index (κ2) is 10.4. The first kappa shape index (κ1) is 27.3. The zero-order chi connectivity index (χ0) is 26.7. The molecule has 0 heterocycles. The summed E-state index contributed by atoms with van der Waals surface area (Å²) in [4.78, 5) is 12.1. The number of nitrogens with one attached hydrogen (secondary N) is 1. The van der Waals surface area contributed by atoms with Gasteiger partial charge in [0.15, 0.2) is 0 Å². The van der Waals surface area contributed by atoms with E-state index in [9.17, 15) is 30.8 Å². The van der Waals surface area contributed by atoms with Crippen molar-refractivity contribution in [2.24, 2.45) is 0 Å². The van der Waals surface area contributed by atoms with E-state index >= 15 is 0 Å². The Balaban J connectivity index is 1.66. The van der Waals surface area contributed by atoms with Crippen molar-refractivity contribution in [3.05, 3.63) is 94.8 Å². The summed E-state index contributed by atoms with van der Waals surface area (Å²) in [6.07, 6.45) is -4.81. The molecule has 0 radical (unpaired) electrons. The number of ether oxygens (including phenoxy) is 1. The van der Waals surface area contributed by atoms with Gasteiger partial charge in [-0.05, 0) is 67.3 Å². The summed E-state index contributed by atoms with van der Waals surface area (Å²) >= 11 is 0. The van der Waals surface area contributed by atoms with Crippen LogP contribution in [0.3, 0.4) is 0 Å². The molecule has 0 aliphatic heterocycles. The van der Waals surface area contributed by atoms with Gasteiger partial charge < -0.3 is 4.74 Å². The normalized spacial score (nSPS) is 12.4. The summed E-state index contributed by atoms with van der Waals surface area (Å²) in [6, 6.07) is 15.0. The maximum atomic E-state index is 14.0. The summed E-state index contributed by atoms with van der Waals surface area (Å²) < 4.78 is 85.3. The van der Waals surface area contributed by atoms with Gasteiger partial charge in [0.1, 0.15) is 11.4 Å². The number of rotatable bonds is 7. The van der Waals surface area contributed by atoms with Crippen molar-refractivity contribution in [1.82, 2.24) is 4.72 Å². The Morgan fingerprint density at radius 2 is 1.53 bits per heavy atom. The number of esters is 1. The van der Waals surface area contributed by atoms with Crippen molar-refractivity contribution in [3.8, 4) is 11.1 Å². The average Bonchev–Trinajstić information content (AvgIpc) is 2.76. The quantitative estimate of drug-likeness (QED) is 0.301. The molecule has 0 amide bonds. The number of alkyl halides is 3. The van der Waals surface area contributed by atoms with Gasteiger partial charge in [-0.15, -0.1) is 0 Å². The largest absolute Gasteiger partial charge is 0.456 e. The van der Waals surface area contributed by atoms with E-state index in [1.165, 1.54) is 6.07 Å². The van der Waals surface area contributed by atoms with E-state index in [0.717, 1.165) is 12.1 Å². The van der Waals surface area contributed by atoms with Crippen molar-refractivity contribution in [1.29, 1.82) is 0 Å². The topological polar surface area (TPSA) is 72.5 Å². The van der Waals surface area contributed by atoms with Gasteiger partial charge in [0, 0.05) is 6.54 Å². The Labute approximate surface area is 207 Å². The first-order chi connectivity index (χ1) is 16.6. The number of benzene rings is 3. The number of sulfonamides is 1. The number of carbonyl (C=O) groups is 1. The van der Waals surface area contributed by atoms with Crippen molar-refractivity contribution in [2.75, 3.05) is 0 Å². The van der Waals surface area contributed by atoms with Crippen molar-refractivity contribution >= 4 is 16.0 Å². The molecule has 0 spiro atoms. The van der Waals surface area contributed by atoms with Crippen LogP contribution in [0.5, 0.6) is 0 Å². The molecule has 3 rings (SSSR count). The predicted octanol–water partition coefficient (Wildman–Crippen LogP) is 6.09. The summed E-state index contributed by atoms with van der Waals surface area (Å²) in [7, 11) is -3.78. The second-order valence-electron chi connectivity index (χ2n) is 9.17. The van der Waals surface area contributed by atoms with Crippen LogP contribution in [-0.2, 0) is 33.2 Å². The van der Waals surface area contributed by atoms with Gasteiger partial charge in [-0.3, -0.25) is 0 Å². The monoisotopic (exact) mass is 523 g/mol. The lowest BCUT2D eigenvalue weighted by Crippen LogP contribution is -2.25. The molecule has 36 heavy (non-hydrogen) atoms. The van der Waals surface area contributed by atoms with E-state index in [0.29, 0.717) is 28.3 Å². The summed E-state index contributed by atoms with van der Waals surface area (Å²) in [5.74, 6) is -2.28. The van der Waals surface area contributed by atoms with Crippen LogP contribution in [0.4, 0.5) is 17.6 Å².